The molecule has 0 amide bonds. The Morgan fingerprint density at radius 1 is 0.139 bits per heavy atom. The van der Waals surface area contributed by atoms with E-state index in [1.165, 1.54) is 63.7 Å². The van der Waals surface area contributed by atoms with Gasteiger partial charge in [-0.15, -0.1) is 0 Å². The van der Waals surface area contributed by atoms with Crippen molar-refractivity contribution in [2.75, 3.05) is 0 Å². The van der Waals surface area contributed by atoms with Gasteiger partial charge in [-0.2, -0.15) is 0 Å². The van der Waals surface area contributed by atoms with Gasteiger partial charge in [0.15, 0.2) is 0 Å². The predicted octanol–water partition coefficient (Wildman–Crippen LogP) is 14.1. The van der Waals surface area contributed by atoms with Gasteiger partial charge in [0.2, 0.25) is 0 Å². The number of hydrogen-bond donors (Lipinski definition) is 0. The van der Waals surface area contributed by atoms with Gasteiger partial charge in [-0.05, 0) is 0 Å². The van der Waals surface area contributed by atoms with E-state index in [1.54, 1.807) is 0 Å². The van der Waals surface area contributed by atoms with E-state index in [9.17, 15) is 19.1 Å². The van der Waals surface area contributed by atoms with Crippen molar-refractivity contribution in [3.63, 3.8) is 0 Å². The van der Waals surface area contributed by atoms with Crippen LogP contribution >= 0.6 is 40.9 Å². The van der Waals surface area contributed by atoms with E-state index in [0.717, 1.165) is 0 Å². The van der Waals surface area contributed by atoms with Gasteiger partial charge < -0.3 is 0 Å². The minimum atomic E-state index is -7.69. The van der Waals surface area contributed by atoms with E-state index >= 15 is 0 Å². The summed E-state index contributed by atoms with van der Waals surface area (Å²) in [5.41, 5.74) is -18.5. The molecule has 0 radical (unpaired) electrons. The first-order chi connectivity index (χ1) is 38.9. The second kappa shape index (κ2) is 21.6. The average Bonchev–Trinajstić information content (AvgIpc) is 0.669. The van der Waals surface area contributed by atoms with Crippen molar-refractivity contribution in [3.05, 3.63) is 364 Å². The van der Waals surface area contributed by atoms with Crippen LogP contribution in [0.1, 0.15) is 0 Å². The van der Waals surface area contributed by atoms with Crippen molar-refractivity contribution in [3.8, 4) is 0 Å². The summed E-state index contributed by atoms with van der Waals surface area (Å²) >= 11 is 0. The fourth-order valence-corrected chi connectivity index (χ4v) is 219. The van der Waals surface area contributed by atoms with E-state index in [4.69, 9.17) is 0 Å². The Kier molecular flexibility index (Phi) is 14.5. The molecular formula is C72H64Cl2P4Pd. The Morgan fingerprint density at radius 3 is 0.291 bits per heavy atom. The molecule has 0 N–H and O–H groups in total. The second-order valence-corrected chi connectivity index (χ2v) is 97.8. The van der Waals surface area contributed by atoms with Crippen LogP contribution in [0, 0.1) is 0 Å². The zero-order valence-electron chi connectivity index (χ0n) is 43.7. The van der Waals surface area contributed by atoms with E-state index in [-0.39, 0.29) is 0 Å². The molecule has 7 heteroatoms. The molecule has 0 nitrogen and oxygen atoms in total. The summed E-state index contributed by atoms with van der Waals surface area (Å²) < 4.78 is 0. The maximum absolute atomic E-state index is 12.3. The summed E-state index contributed by atoms with van der Waals surface area (Å²) in [7, 11) is 17.0. The molecule has 396 valence electrons. The fraction of sp³-hybridized carbons (Fsp3) is 0. The monoisotopic (exact) mass is 1230 g/mol. The predicted molar refractivity (Wildman–Crippen MR) is 358 cm³/mol. The normalized spacial score (nSPS) is 13.9. The standard InChI is InChI=1S/4C18H15P.2ClH.Pd/c4*1-4-10-16(11-5-1)19(17-12-6-2-7-13-17)18-14-8-3-9-15-18;;;/h4*1-15H;2*1H;/q;;;;;;-2/p+2. The number of halogens is 2. The third-order valence-corrected chi connectivity index (χ3v) is 157. The summed E-state index contributed by atoms with van der Waals surface area (Å²) in [4.78, 5) is 0. The molecular weight excluding hydrogens is 1170 g/mol. The van der Waals surface area contributed by atoms with Crippen molar-refractivity contribution >= 4 is 105 Å². The van der Waals surface area contributed by atoms with Gasteiger partial charge in [0.05, 0.1) is 0 Å². The third-order valence-electron chi connectivity index (χ3n) is 16.0. The van der Waals surface area contributed by atoms with Gasteiger partial charge in [-0.25, -0.2) is 0 Å². The Labute approximate surface area is 473 Å². The molecule has 79 heavy (non-hydrogen) atoms. The quantitative estimate of drug-likeness (QED) is 0.0668. The topological polar surface area (TPSA) is 0 Å². The fourth-order valence-electron chi connectivity index (χ4n) is 13.4. The summed E-state index contributed by atoms with van der Waals surface area (Å²) in [5.74, 6) is 0. The molecule has 0 spiro atoms. The molecule has 0 atom stereocenters. The van der Waals surface area contributed by atoms with Crippen molar-refractivity contribution < 1.29 is 9.07 Å². The van der Waals surface area contributed by atoms with E-state index in [1.807, 2.05) is 0 Å². The summed E-state index contributed by atoms with van der Waals surface area (Å²) in [6, 6.07) is 139. The Bertz CT molecular complexity index is 3020. The Morgan fingerprint density at radius 2 is 0.215 bits per heavy atom. The molecule has 12 rings (SSSR count). The van der Waals surface area contributed by atoms with E-state index in [0.29, 0.717) is 0 Å². The van der Waals surface area contributed by atoms with Crippen LogP contribution in [0.15, 0.2) is 364 Å². The van der Waals surface area contributed by atoms with Gasteiger partial charge >= 0.3 is 478 Å². The van der Waals surface area contributed by atoms with Crippen LogP contribution in [0.25, 0.3) is 0 Å². The van der Waals surface area contributed by atoms with Gasteiger partial charge in [0.25, 0.3) is 0 Å². The summed E-state index contributed by atoms with van der Waals surface area (Å²) in [5, 5.41) is 14.0. The SMILES string of the molecule is [Cl][Pd]([Cl])([PH](c1ccccc1)(c1ccccc1)c1ccccc1)([PH](c1ccccc1)(c1ccccc1)c1ccccc1)([PH](c1ccccc1)(c1ccccc1)c1ccccc1)[PH](c1ccccc1)(c1ccccc1)c1ccccc1. The van der Waals surface area contributed by atoms with Crippen LogP contribution in [-0.2, 0) is 9.07 Å². The van der Waals surface area contributed by atoms with Crippen molar-refractivity contribution in [1.29, 1.82) is 0 Å². The van der Waals surface area contributed by atoms with Crippen LogP contribution in [0.3, 0.4) is 0 Å². The molecule has 12 aromatic rings. The van der Waals surface area contributed by atoms with Gasteiger partial charge in [0, 0.05) is 0 Å². The summed E-state index contributed by atoms with van der Waals surface area (Å²) in [6.07, 6.45) is 0. The summed E-state index contributed by atoms with van der Waals surface area (Å²) in [6.45, 7) is 0. The zero-order valence-corrected chi connectivity index (χ0v) is 50.8. The Balaban J connectivity index is 1.70. The van der Waals surface area contributed by atoms with Crippen LogP contribution < -0.4 is 63.7 Å². The number of rotatable bonds is 16. The third kappa shape index (κ3) is 7.06. The van der Waals surface area contributed by atoms with Gasteiger partial charge in [-0.3, -0.25) is 0 Å². The Hall–Kier alpha value is -6.40. The first kappa shape index (κ1) is 53.3. The van der Waals surface area contributed by atoms with Crippen molar-refractivity contribution in [2.45, 2.75) is 0 Å². The molecule has 0 heterocycles. The first-order valence-corrected chi connectivity index (χ1v) is 47.4. The molecule has 0 fully saturated rings. The molecule has 0 aliphatic rings. The number of benzene rings is 12. The zero-order chi connectivity index (χ0) is 53.8. The minimum absolute atomic E-state index is 1.17. The second-order valence-electron chi connectivity index (χ2n) is 19.8. The molecule has 0 unspecified atom stereocenters. The molecule has 0 aliphatic heterocycles. The molecule has 0 saturated heterocycles. The maximum atomic E-state index is 12.3. The van der Waals surface area contributed by atoms with Gasteiger partial charge in [-0.1, -0.05) is 0 Å². The van der Waals surface area contributed by atoms with E-state index < -0.39 is 30.9 Å². The molecule has 0 bridgehead atoms. The van der Waals surface area contributed by atoms with Crippen molar-refractivity contribution in [2.24, 2.45) is 0 Å². The van der Waals surface area contributed by atoms with Crippen LogP contribution in [0.2, 0.25) is 0 Å². The molecule has 0 saturated carbocycles. The molecule has 0 aromatic heterocycles. The molecule has 12 aromatic carbocycles. The average molecular weight is 1230 g/mol. The molecule has 0 aliphatic carbocycles. The van der Waals surface area contributed by atoms with E-state index in [2.05, 4.69) is 364 Å². The van der Waals surface area contributed by atoms with Crippen molar-refractivity contribution in [1.82, 2.24) is 0 Å². The first-order valence-electron chi connectivity index (χ1n) is 26.8. The van der Waals surface area contributed by atoms with Crippen LogP contribution in [0.5, 0.6) is 0 Å². The van der Waals surface area contributed by atoms with Crippen LogP contribution in [0.4, 0.5) is 0 Å². The van der Waals surface area contributed by atoms with Gasteiger partial charge in [0.1, 0.15) is 0 Å². The number of hydrogen-bond acceptors (Lipinski definition) is 0. The van der Waals surface area contributed by atoms with Crippen LogP contribution in [-0.4, -0.2) is 0 Å².